The van der Waals surface area contributed by atoms with E-state index in [0.29, 0.717) is 5.56 Å². The van der Waals surface area contributed by atoms with Gasteiger partial charge in [-0.1, -0.05) is 18.2 Å². The summed E-state index contributed by atoms with van der Waals surface area (Å²) in [4.78, 5) is 8.31. The number of piperazine rings is 1. The van der Waals surface area contributed by atoms with Gasteiger partial charge < -0.3 is 15.5 Å². The molecular weight excluding hydrogens is 311 g/mol. The highest BCUT2D eigenvalue weighted by Gasteiger charge is 2.29. The van der Waals surface area contributed by atoms with Crippen LogP contribution in [0.4, 0.5) is 9.39 Å². The molecule has 6 heteroatoms. The van der Waals surface area contributed by atoms with Crippen molar-refractivity contribution in [2.75, 3.05) is 31.5 Å². The Labute approximate surface area is 139 Å². The predicted molar refractivity (Wildman–Crippen MR) is 92.8 cm³/mol. The van der Waals surface area contributed by atoms with Crippen LogP contribution >= 0.6 is 11.3 Å². The van der Waals surface area contributed by atoms with Crippen LogP contribution in [0.25, 0.3) is 0 Å². The molecule has 0 amide bonds. The van der Waals surface area contributed by atoms with Crippen LogP contribution in [-0.2, 0) is 0 Å². The number of anilines is 1. The highest BCUT2D eigenvalue weighted by Crippen LogP contribution is 2.41. The maximum atomic E-state index is 14.3. The van der Waals surface area contributed by atoms with Crippen LogP contribution in [0.1, 0.15) is 22.0 Å². The van der Waals surface area contributed by atoms with Gasteiger partial charge in [0.2, 0.25) is 0 Å². The number of benzene rings is 1. The number of halogens is 1. The van der Waals surface area contributed by atoms with E-state index in [4.69, 9.17) is 4.99 Å². The van der Waals surface area contributed by atoms with Gasteiger partial charge in [0, 0.05) is 42.2 Å². The number of aryl methyl sites for hydroxylation is 1. The average molecular weight is 330 g/mol. The molecule has 120 valence electrons. The second-order valence-corrected chi connectivity index (χ2v) is 7.14. The summed E-state index contributed by atoms with van der Waals surface area (Å²) in [6, 6.07) is 8.78. The monoisotopic (exact) mass is 330 g/mol. The molecule has 0 spiro atoms. The third-order valence-electron chi connectivity index (χ3n) is 4.27. The Morgan fingerprint density at radius 3 is 2.78 bits per heavy atom. The third kappa shape index (κ3) is 2.72. The van der Waals surface area contributed by atoms with Crippen LogP contribution in [0.3, 0.4) is 0 Å². The summed E-state index contributed by atoms with van der Waals surface area (Å²) in [5.41, 5.74) is 1.71. The second kappa shape index (κ2) is 5.94. The largest absolute Gasteiger partial charge is 0.340 e. The topological polar surface area (TPSA) is 39.7 Å². The van der Waals surface area contributed by atoms with Crippen molar-refractivity contribution < 1.29 is 4.39 Å². The molecule has 1 aromatic carbocycles. The first-order chi connectivity index (χ1) is 11.2. The van der Waals surface area contributed by atoms with E-state index in [2.05, 4.69) is 28.5 Å². The molecule has 4 nitrogen and oxygen atoms in total. The molecule has 1 aromatic heterocycles. The first-order valence-electron chi connectivity index (χ1n) is 7.87. The van der Waals surface area contributed by atoms with E-state index in [0.717, 1.165) is 42.7 Å². The van der Waals surface area contributed by atoms with E-state index >= 15 is 0 Å². The van der Waals surface area contributed by atoms with Crippen molar-refractivity contribution in [3.8, 4) is 0 Å². The molecule has 1 unspecified atom stereocenters. The smallest absolute Gasteiger partial charge is 0.200 e. The fourth-order valence-corrected chi connectivity index (χ4v) is 4.07. The minimum absolute atomic E-state index is 0.197. The molecule has 23 heavy (non-hydrogen) atoms. The van der Waals surface area contributed by atoms with Crippen LogP contribution in [0, 0.1) is 12.7 Å². The lowest BCUT2D eigenvalue weighted by Crippen LogP contribution is -2.49. The van der Waals surface area contributed by atoms with Gasteiger partial charge in [-0.05, 0) is 19.1 Å². The molecule has 2 aromatic rings. The summed E-state index contributed by atoms with van der Waals surface area (Å²) >= 11 is 1.71. The molecule has 3 heterocycles. The maximum absolute atomic E-state index is 14.3. The molecule has 2 N–H and O–H groups in total. The molecule has 2 aliphatic heterocycles. The van der Waals surface area contributed by atoms with E-state index in [1.165, 1.54) is 10.9 Å². The second-order valence-electron chi connectivity index (χ2n) is 5.88. The van der Waals surface area contributed by atoms with Gasteiger partial charge >= 0.3 is 0 Å². The normalized spacial score (nSPS) is 20.7. The van der Waals surface area contributed by atoms with E-state index in [-0.39, 0.29) is 11.9 Å². The minimum atomic E-state index is -0.276. The first-order valence-corrected chi connectivity index (χ1v) is 8.69. The zero-order valence-electron chi connectivity index (χ0n) is 13.0. The Morgan fingerprint density at radius 1 is 1.22 bits per heavy atom. The van der Waals surface area contributed by atoms with E-state index in [1.54, 1.807) is 17.4 Å². The van der Waals surface area contributed by atoms with Crippen LogP contribution in [0.15, 0.2) is 35.3 Å². The van der Waals surface area contributed by atoms with Gasteiger partial charge in [-0.15, -0.1) is 11.3 Å². The van der Waals surface area contributed by atoms with Crippen molar-refractivity contribution in [2.45, 2.75) is 13.0 Å². The molecule has 0 aliphatic carbocycles. The van der Waals surface area contributed by atoms with Gasteiger partial charge in [-0.25, -0.2) is 9.38 Å². The molecule has 0 saturated carbocycles. The quantitative estimate of drug-likeness (QED) is 0.844. The van der Waals surface area contributed by atoms with Crippen LogP contribution in [0.5, 0.6) is 0 Å². The van der Waals surface area contributed by atoms with E-state index < -0.39 is 0 Å². The number of nitrogens with one attached hydrogen (secondary N) is 2. The van der Waals surface area contributed by atoms with Gasteiger partial charge in [0.05, 0.1) is 0 Å². The van der Waals surface area contributed by atoms with Crippen molar-refractivity contribution in [3.05, 3.63) is 52.2 Å². The summed E-state index contributed by atoms with van der Waals surface area (Å²) in [6.07, 6.45) is 0. The van der Waals surface area contributed by atoms with Crippen LogP contribution < -0.4 is 10.6 Å². The Kier molecular flexibility index (Phi) is 3.79. The summed E-state index contributed by atoms with van der Waals surface area (Å²) in [5.74, 6) is 0.659. The summed E-state index contributed by atoms with van der Waals surface area (Å²) in [6.45, 7) is 5.79. The molecule has 1 fully saturated rings. The van der Waals surface area contributed by atoms with Gasteiger partial charge in [-0.2, -0.15) is 0 Å². The molecule has 1 atom stereocenters. The zero-order valence-corrected chi connectivity index (χ0v) is 13.8. The van der Waals surface area contributed by atoms with Gasteiger partial charge in [0.25, 0.3) is 0 Å². The summed E-state index contributed by atoms with van der Waals surface area (Å²) in [7, 11) is 0. The van der Waals surface area contributed by atoms with Gasteiger partial charge in [0.1, 0.15) is 16.9 Å². The Bertz CT molecular complexity index is 749. The van der Waals surface area contributed by atoms with Crippen molar-refractivity contribution in [1.29, 1.82) is 0 Å². The van der Waals surface area contributed by atoms with Crippen molar-refractivity contribution in [3.63, 3.8) is 0 Å². The van der Waals surface area contributed by atoms with E-state index in [9.17, 15) is 4.39 Å². The standard InChI is InChI=1S/C17H19FN4S/c1-11-10-13-15(12-4-2-3-5-14(12)18)20-17(21-16(13)23-11)22-8-6-19-7-9-22/h2-5,10,15,19H,6-9H2,1H3,(H,20,21). The Hall–Kier alpha value is -1.92. The number of guanidine groups is 1. The summed E-state index contributed by atoms with van der Waals surface area (Å²) < 4.78 is 14.3. The lowest BCUT2D eigenvalue weighted by Gasteiger charge is -2.33. The molecule has 2 aliphatic rings. The van der Waals surface area contributed by atoms with E-state index in [1.807, 2.05) is 12.1 Å². The SMILES string of the molecule is Cc1cc2c(s1)NC(N1CCNCC1)=NC2c1ccccc1F. The molecular formula is C17H19FN4S. The molecule has 1 saturated heterocycles. The highest BCUT2D eigenvalue weighted by molar-refractivity contribution is 7.16. The summed E-state index contributed by atoms with van der Waals surface area (Å²) in [5, 5.41) is 7.88. The maximum Gasteiger partial charge on any atom is 0.200 e. The van der Waals surface area contributed by atoms with Gasteiger partial charge in [-0.3, -0.25) is 0 Å². The molecule has 4 rings (SSSR count). The van der Waals surface area contributed by atoms with Crippen molar-refractivity contribution in [2.24, 2.45) is 4.99 Å². The van der Waals surface area contributed by atoms with Crippen LogP contribution in [0.2, 0.25) is 0 Å². The number of hydrogen-bond acceptors (Lipinski definition) is 5. The average Bonchev–Trinajstić information content (AvgIpc) is 2.95. The predicted octanol–water partition coefficient (Wildman–Crippen LogP) is 2.97. The third-order valence-corrected chi connectivity index (χ3v) is 5.25. The van der Waals surface area contributed by atoms with Crippen molar-refractivity contribution >= 4 is 22.3 Å². The zero-order chi connectivity index (χ0) is 15.8. The number of rotatable bonds is 1. The number of thiophene rings is 1. The van der Waals surface area contributed by atoms with Crippen molar-refractivity contribution in [1.82, 2.24) is 10.2 Å². The fourth-order valence-electron chi connectivity index (χ4n) is 3.13. The highest BCUT2D eigenvalue weighted by atomic mass is 32.1. The Morgan fingerprint density at radius 2 is 2.00 bits per heavy atom. The number of aliphatic imine (C=N–C) groups is 1. The molecule has 0 radical (unpaired) electrons. The number of nitrogens with zero attached hydrogens (tertiary/aromatic N) is 2. The first kappa shape index (κ1) is 14.7. The fraction of sp³-hybridized carbons (Fsp3) is 0.353. The number of fused-ring (bicyclic) bond motifs is 1. The minimum Gasteiger partial charge on any atom is -0.340 e. The molecule has 0 bridgehead atoms. The Balaban J connectivity index is 1.77. The van der Waals surface area contributed by atoms with Gasteiger partial charge in [0.15, 0.2) is 5.96 Å². The lowest BCUT2D eigenvalue weighted by molar-refractivity contribution is 0.354. The lowest BCUT2D eigenvalue weighted by atomic mass is 9.99. The number of hydrogen-bond donors (Lipinski definition) is 2. The van der Waals surface area contributed by atoms with Crippen LogP contribution in [-0.4, -0.2) is 37.0 Å².